The van der Waals surface area contributed by atoms with Gasteiger partial charge in [0.1, 0.15) is 0 Å². The van der Waals surface area contributed by atoms with E-state index >= 15 is 0 Å². The Bertz CT molecular complexity index is 493. The molecular weight excluding hydrogens is 244 g/mol. The second kappa shape index (κ2) is 7.20. The Labute approximate surface area is 122 Å². The summed E-state index contributed by atoms with van der Waals surface area (Å²) in [6.45, 7) is 6.71. The molecular formula is C18H24N2. The second-order valence-corrected chi connectivity index (χ2v) is 5.74. The lowest BCUT2D eigenvalue weighted by Gasteiger charge is -2.25. The van der Waals surface area contributed by atoms with Crippen LogP contribution in [0.3, 0.4) is 0 Å². The molecule has 2 heteroatoms. The van der Waals surface area contributed by atoms with E-state index in [0.29, 0.717) is 12.0 Å². The van der Waals surface area contributed by atoms with Crippen LogP contribution in [0.5, 0.6) is 0 Å². The van der Waals surface area contributed by atoms with Gasteiger partial charge < -0.3 is 5.32 Å². The van der Waals surface area contributed by atoms with Gasteiger partial charge in [-0.2, -0.15) is 0 Å². The summed E-state index contributed by atoms with van der Waals surface area (Å²) in [5, 5.41) is 3.72. The molecule has 0 aliphatic carbocycles. The highest BCUT2D eigenvalue weighted by Crippen LogP contribution is 2.24. The van der Waals surface area contributed by atoms with Crippen LogP contribution >= 0.6 is 0 Å². The van der Waals surface area contributed by atoms with Crippen molar-refractivity contribution in [3.05, 3.63) is 66.0 Å². The van der Waals surface area contributed by atoms with Crippen LogP contribution in [-0.4, -0.2) is 4.98 Å². The maximum atomic E-state index is 4.44. The van der Waals surface area contributed by atoms with Crippen molar-refractivity contribution < 1.29 is 0 Å². The van der Waals surface area contributed by atoms with Crippen LogP contribution in [0.15, 0.2) is 54.7 Å². The molecule has 1 N–H and O–H groups in total. The van der Waals surface area contributed by atoms with E-state index < -0.39 is 0 Å². The Morgan fingerprint density at radius 1 is 0.950 bits per heavy atom. The van der Waals surface area contributed by atoms with E-state index in [-0.39, 0.29) is 6.04 Å². The molecule has 0 aliphatic heterocycles. The van der Waals surface area contributed by atoms with Crippen molar-refractivity contribution in [1.29, 1.82) is 0 Å². The first-order valence-electron chi connectivity index (χ1n) is 7.38. The number of rotatable bonds is 6. The first-order valence-corrected chi connectivity index (χ1v) is 7.38. The smallest absolute Gasteiger partial charge is 0.0570 e. The fourth-order valence-corrected chi connectivity index (χ4v) is 2.48. The Morgan fingerprint density at radius 3 is 2.25 bits per heavy atom. The van der Waals surface area contributed by atoms with Gasteiger partial charge in [0.25, 0.3) is 0 Å². The van der Waals surface area contributed by atoms with Gasteiger partial charge in [-0.15, -0.1) is 0 Å². The Hall–Kier alpha value is -1.67. The van der Waals surface area contributed by atoms with Crippen molar-refractivity contribution in [1.82, 2.24) is 10.3 Å². The number of hydrogen-bond acceptors (Lipinski definition) is 2. The zero-order chi connectivity index (χ0) is 14.4. The number of aromatic nitrogens is 1. The maximum Gasteiger partial charge on any atom is 0.0570 e. The van der Waals surface area contributed by atoms with Gasteiger partial charge in [-0.05, 0) is 37.0 Å². The summed E-state index contributed by atoms with van der Waals surface area (Å²) >= 11 is 0. The Morgan fingerprint density at radius 2 is 1.65 bits per heavy atom. The topological polar surface area (TPSA) is 24.9 Å². The van der Waals surface area contributed by atoms with Crippen LogP contribution in [0.25, 0.3) is 0 Å². The van der Waals surface area contributed by atoms with E-state index in [4.69, 9.17) is 0 Å². The molecule has 1 aromatic carbocycles. The molecule has 0 amide bonds. The molecule has 2 nitrogen and oxygen atoms in total. The van der Waals surface area contributed by atoms with E-state index in [1.165, 1.54) is 5.56 Å². The molecule has 0 aliphatic rings. The van der Waals surface area contributed by atoms with Crippen molar-refractivity contribution in [2.45, 2.75) is 39.3 Å². The van der Waals surface area contributed by atoms with E-state index in [2.05, 4.69) is 67.5 Å². The highest BCUT2D eigenvalue weighted by molar-refractivity contribution is 5.20. The van der Waals surface area contributed by atoms with Gasteiger partial charge in [0, 0.05) is 18.3 Å². The zero-order valence-corrected chi connectivity index (χ0v) is 12.6. The Kier molecular flexibility index (Phi) is 5.31. The normalized spacial score (nSPS) is 14.2. The lowest BCUT2D eigenvalue weighted by atomic mass is 9.96. The van der Waals surface area contributed by atoms with Crippen molar-refractivity contribution in [2.24, 2.45) is 5.92 Å². The van der Waals surface area contributed by atoms with Crippen molar-refractivity contribution in [3.8, 4) is 0 Å². The molecule has 0 saturated carbocycles. The van der Waals surface area contributed by atoms with Gasteiger partial charge in [-0.25, -0.2) is 0 Å². The minimum atomic E-state index is 0.250. The predicted octanol–water partition coefficient (Wildman–Crippen LogP) is 4.52. The number of hydrogen-bond donors (Lipinski definition) is 1. The van der Waals surface area contributed by atoms with Crippen molar-refractivity contribution in [3.63, 3.8) is 0 Å². The van der Waals surface area contributed by atoms with Crippen molar-refractivity contribution >= 4 is 0 Å². The van der Waals surface area contributed by atoms with Crippen LogP contribution in [0.4, 0.5) is 0 Å². The molecule has 0 spiro atoms. The number of benzene rings is 1. The standard InChI is InChI=1S/C18H24N2/c1-14(2)13-18(16-9-5-4-6-10-16)20-15(3)17-11-7-8-12-19-17/h4-12,14-15,18,20H,13H2,1-3H3/t15-,18?/m0/s1. The van der Waals surface area contributed by atoms with E-state index in [9.17, 15) is 0 Å². The summed E-state index contributed by atoms with van der Waals surface area (Å²) in [5.74, 6) is 0.656. The predicted molar refractivity (Wildman–Crippen MR) is 84.4 cm³/mol. The van der Waals surface area contributed by atoms with Crippen LogP contribution in [0.1, 0.15) is 50.5 Å². The highest BCUT2D eigenvalue weighted by atomic mass is 15.0. The summed E-state index contributed by atoms with van der Waals surface area (Å²) in [7, 11) is 0. The monoisotopic (exact) mass is 268 g/mol. The molecule has 1 aromatic heterocycles. The quantitative estimate of drug-likeness (QED) is 0.833. The average Bonchev–Trinajstić information content (AvgIpc) is 2.48. The summed E-state index contributed by atoms with van der Waals surface area (Å²) < 4.78 is 0. The number of nitrogens with one attached hydrogen (secondary N) is 1. The van der Waals surface area contributed by atoms with Gasteiger partial charge in [0.15, 0.2) is 0 Å². The van der Waals surface area contributed by atoms with Gasteiger partial charge >= 0.3 is 0 Å². The van der Waals surface area contributed by atoms with Gasteiger partial charge in [-0.1, -0.05) is 50.2 Å². The molecule has 1 unspecified atom stereocenters. The summed E-state index contributed by atoms with van der Waals surface area (Å²) in [5.41, 5.74) is 2.45. The number of pyridine rings is 1. The molecule has 0 bridgehead atoms. The molecule has 2 aromatic rings. The molecule has 20 heavy (non-hydrogen) atoms. The fraction of sp³-hybridized carbons (Fsp3) is 0.389. The van der Waals surface area contributed by atoms with Gasteiger partial charge in [0.2, 0.25) is 0 Å². The van der Waals surface area contributed by atoms with Crippen LogP contribution in [0, 0.1) is 5.92 Å². The summed E-state index contributed by atoms with van der Waals surface area (Å²) in [6, 6.07) is 17.4. The first kappa shape index (κ1) is 14.7. The van der Waals surface area contributed by atoms with E-state index in [0.717, 1.165) is 12.1 Å². The third-order valence-corrected chi connectivity index (χ3v) is 3.49. The largest absolute Gasteiger partial charge is 0.302 e. The fourth-order valence-electron chi connectivity index (χ4n) is 2.48. The first-order chi connectivity index (χ1) is 9.66. The highest BCUT2D eigenvalue weighted by Gasteiger charge is 2.17. The molecule has 2 atom stereocenters. The van der Waals surface area contributed by atoms with Gasteiger partial charge in [0.05, 0.1) is 5.69 Å². The minimum Gasteiger partial charge on any atom is -0.302 e. The third-order valence-electron chi connectivity index (χ3n) is 3.49. The minimum absolute atomic E-state index is 0.250. The molecule has 1 heterocycles. The molecule has 0 fully saturated rings. The molecule has 0 saturated heterocycles. The van der Waals surface area contributed by atoms with Crippen LogP contribution in [-0.2, 0) is 0 Å². The van der Waals surface area contributed by atoms with Crippen LogP contribution < -0.4 is 5.32 Å². The summed E-state index contributed by atoms with van der Waals surface area (Å²) in [4.78, 5) is 4.44. The average molecular weight is 268 g/mol. The number of nitrogens with zero attached hydrogens (tertiary/aromatic N) is 1. The SMILES string of the molecule is CC(C)CC(N[C@@H](C)c1ccccn1)c1ccccc1. The molecule has 106 valence electrons. The third kappa shape index (κ3) is 4.17. The summed E-state index contributed by atoms with van der Waals surface area (Å²) in [6.07, 6.45) is 2.98. The van der Waals surface area contributed by atoms with E-state index in [1.807, 2.05) is 18.3 Å². The van der Waals surface area contributed by atoms with Crippen molar-refractivity contribution in [2.75, 3.05) is 0 Å². The van der Waals surface area contributed by atoms with Crippen LogP contribution in [0.2, 0.25) is 0 Å². The molecule has 0 radical (unpaired) electrons. The maximum absolute atomic E-state index is 4.44. The van der Waals surface area contributed by atoms with Gasteiger partial charge in [-0.3, -0.25) is 4.98 Å². The zero-order valence-electron chi connectivity index (χ0n) is 12.6. The van der Waals surface area contributed by atoms with E-state index in [1.54, 1.807) is 0 Å². The second-order valence-electron chi connectivity index (χ2n) is 5.74. The Balaban J connectivity index is 2.12. The lowest BCUT2D eigenvalue weighted by molar-refractivity contribution is 0.391. The lowest BCUT2D eigenvalue weighted by Crippen LogP contribution is -2.26. The molecule has 2 rings (SSSR count).